The van der Waals surface area contributed by atoms with Gasteiger partial charge in [-0.1, -0.05) is 12.1 Å². The summed E-state index contributed by atoms with van der Waals surface area (Å²) in [5.41, 5.74) is 1.78. The molecule has 1 aromatic carbocycles. The third-order valence-electron chi connectivity index (χ3n) is 3.54. The molecule has 0 atom stereocenters. The third-order valence-corrected chi connectivity index (χ3v) is 3.54. The van der Waals surface area contributed by atoms with Crippen molar-refractivity contribution < 1.29 is 14.6 Å². The molecular formula is C16H23NO3. The van der Waals surface area contributed by atoms with E-state index in [2.05, 4.69) is 0 Å². The smallest absolute Gasteiger partial charge is 0.253 e. The van der Waals surface area contributed by atoms with Crippen LogP contribution < -0.4 is 0 Å². The molecule has 0 aliphatic carbocycles. The number of benzene rings is 1. The molecule has 1 aliphatic rings. The molecule has 2 rings (SSSR count). The molecule has 1 N–H and O–H groups in total. The van der Waals surface area contributed by atoms with Crippen molar-refractivity contribution in [3.8, 4) is 0 Å². The number of piperidine rings is 1. The summed E-state index contributed by atoms with van der Waals surface area (Å²) in [6, 6.07) is 7.58. The van der Waals surface area contributed by atoms with Gasteiger partial charge in [-0.05, 0) is 44.4 Å². The zero-order valence-electron chi connectivity index (χ0n) is 12.2. The van der Waals surface area contributed by atoms with E-state index >= 15 is 0 Å². The van der Waals surface area contributed by atoms with Crippen LogP contribution in [0, 0.1) is 0 Å². The Morgan fingerprint density at radius 2 is 1.90 bits per heavy atom. The lowest BCUT2D eigenvalue weighted by molar-refractivity contribution is 0.0545. The van der Waals surface area contributed by atoms with Crippen LogP contribution in [-0.2, 0) is 11.3 Å². The Morgan fingerprint density at radius 1 is 1.30 bits per heavy atom. The average Bonchev–Trinajstić information content (AvgIpc) is 2.46. The van der Waals surface area contributed by atoms with Gasteiger partial charge in [-0.3, -0.25) is 4.79 Å². The minimum atomic E-state index is -0.255. The fraction of sp³-hybridized carbons (Fsp3) is 0.562. The summed E-state index contributed by atoms with van der Waals surface area (Å²) in [5, 5.41) is 9.47. The predicted octanol–water partition coefficient (Wildman–Crippen LogP) is 2.21. The topological polar surface area (TPSA) is 49.8 Å². The number of hydrogen-bond donors (Lipinski definition) is 1. The van der Waals surface area contributed by atoms with Gasteiger partial charge in [-0.15, -0.1) is 0 Å². The van der Waals surface area contributed by atoms with Crippen molar-refractivity contribution in [1.29, 1.82) is 0 Å². The molecule has 4 nitrogen and oxygen atoms in total. The lowest BCUT2D eigenvalue weighted by Crippen LogP contribution is -2.40. The van der Waals surface area contributed by atoms with Crippen molar-refractivity contribution in [3.63, 3.8) is 0 Å². The number of ether oxygens (including phenoxy) is 1. The van der Waals surface area contributed by atoms with Crippen LogP contribution in [0.5, 0.6) is 0 Å². The van der Waals surface area contributed by atoms with Gasteiger partial charge in [-0.2, -0.15) is 0 Å². The molecule has 0 spiro atoms. The maximum atomic E-state index is 12.3. The van der Waals surface area contributed by atoms with Crippen LogP contribution >= 0.6 is 0 Å². The van der Waals surface area contributed by atoms with Crippen LogP contribution in [0.25, 0.3) is 0 Å². The SMILES string of the molecule is CC(C)OCc1ccc(C(=O)N2CCC(O)CC2)cc1. The zero-order valence-corrected chi connectivity index (χ0v) is 12.2. The standard InChI is InChI=1S/C16H23NO3/c1-12(2)20-11-13-3-5-14(6-4-13)16(19)17-9-7-15(18)8-10-17/h3-6,12,15,18H,7-11H2,1-2H3. The quantitative estimate of drug-likeness (QED) is 0.918. The molecule has 110 valence electrons. The number of nitrogens with zero attached hydrogens (tertiary/aromatic N) is 1. The van der Waals surface area contributed by atoms with E-state index in [-0.39, 0.29) is 18.1 Å². The number of amides is 1. The molecule has 1 fully saturated rings. The number of hydrogen-bond acceptors (Lipinski definition) is 3. The van der Waals surface area contributed by atoms with E-state index in [4.69, 9.17) is 4.74 Å². The Morgan fingerprint density at radius 3 is 2.45 bits per heavy atom. The zero-order chi connectivity index (χ0) is 14.5. The fourth-order valence-corrected chi connectivity index (χ4v) is 2.26. The molecular weight excluding hydrogens is 254 g/mol. The van der Waals surface area contributed by atoms with E-state index in [9.17, 15) is 9.90 Å². The second-order valence-electron chi connectivity index (χ2n) is 5.58. The van der Waals surface area contributed by atoms with Crippen molar-refractivity contribution in [2.75, 3.05) is 13.1 Å². The molecule has 0 unspecified atom stereocenters. The minimum absolute atomic E-state index is 0.0493. The molecule has 20 heavy (non-hydrogen) atoms. The first kappa shape index (κ1) is 15.0. The fourth-order valence-electron chi connectivity index (χ4n) is 2.26. The lowest BCUT2D eigenvalue weighted by Gasteiger charge is -2.29. The summed E-state index contributed by atoms with van der Waals surface area (Å²) < 4.78 is 5.53. The average molecular weight is 277 g/mol. The molecule has 0 aromatic heterocycles. The van der Waals surface area contributed by atoms with E-state index in [1.165, 1.54) is 0 Å². The first-order valence-corrected chi connectivity index (χ1v) is 7.24. The lowest BCUT2D eigenvalue weighted by atomic mass is 10.1. The summed E-state index contributed by atoms with van der Waals surface area (Å²) in [4.78, 5) is 14.1. The van der Waals surface area contributed by atoms with E-state index < -0.39 is 0 Å². The van der Waals surface area contributed by atoms with E-state index in [1.807, 2.05) is 43.0 Å². The minimum Gasteiger partial charge on any atom is -0.393 e. The van der Waals surface area contributed by atoms with Crippen molar-refractivity contribution in [2.45, 2.75) is 45.5 Å². The maximum absolute atomic E-state index is 12.3. The predicted molar refractivity (Wildman–Crippen MR) is 77.5 cm³/mol. The highest BCUT2D eigenvalue weighted by molar-refractivity contribution is 5.94. The molecule has 0 radical (unpaired) electrons. The van der Waals surface area contributed by atoms with E-state index in [1.54, 1.807) is 0 Å². The summed E-state index contributed by atoms with van der Waals surface area (Å²) in [5.74, 6) is 0.0493. The van der Waals surface area contributed by atoms with Crippen LogP contribution in [0.2, 0.25) is 0 Å². The van der Waals surface area contributed by atoms with Crippen molar-refractivity contribution in [2.24, 2.45) is 0 Å². The van der Waals surface area contributed by atoms with Gasteiger partial charge in [0.15, 0.2) is 0 Å². The van der Waals surface area contributed by atoms with Gasteiger partial charge in [-0.25, -0.2) is 0 Å². The molecule has 1 aromatic rings. The number of likely N-dealkylation sites (tertiary alicyclic amines) is 1. The highest BCUT2D eigenvalue weighted by Gasteiger charge is 2.22. The van der Waals surface area contributed by atoms with Crippen molar-refractivity contribution in [3.05, 3.63) is 35.4 Å². The molecule has 0 bridgehead atoms. The number of carbonyl (C=O) groups is 1. The van der Waals surface area contributed by atoms with Gasteiger partial charge in [0, 0.05) is 18.7 Å². The Balaban J connectivity index is 1.93. The Hall–Kier alpha value is -1.39. The van der Waals surface area contributed by atoms with E-state index in [0.29, 0.717) is 38.1 Å². The van der Waals surface area contributed by atoms with Crippen LogP contribution in [-0.4, -0.2) is 41.2 Å². The van der Waals surface area contributed by atoms with Crippen LogP contribution in [0.3, 0.4) is 0 Å². The largest absolute Gasteiger partial charge is 0.393 e. The maximum Gasteiger partial charge on any atom is 0.253 e. The Kier molecular flexibility index (Phi) is 5.15. The molecule has 1 aliphatic heterocycles. The van der Waals surface area contributed by atoms with Gasteiger partial charge in [0.1, 0.15) is 0 Å². The van der Waals surface area contributed by atoms with Gasteiger partial charge in [0.2, 0.25) is 0 Å². The first-order valence-electron chi connectivity index (χ1n) is 7.24. The second kappa shape index (κ2) is 6.86. The number of aliphatic hydroxyl groups is 1. The Labute approximate surface area is 120 Å². The molecule has 4 heteroatoms. The second-order valence-corrected chi connectivity index (χ2v) is 5.58. The van der Waals surface area contributed by atoms with Gasteiger partial charge in [0.25, 0.3) is 5.91 Å². The van der Waals surface area contributed by atoms with Crippen LogP contribution in [0.1, 0.15) is 42.6 Å². The van der Waals surface area contributed by atoms with Crippen molar-refractivity contribution in [1.82, 2.24) is 4.90 Å². The number of aliphatic hydroxyl groups excluding tert-OH is 1. The molecule has 0 saturated carbocycles. The summed E-state index contributed by atoms with van der Waals surface area (Å²) >= 11 is 0. The molecule has 1 heterocycles. The van der Waals surface area contributed by atoms with Gasteiger partial charge < -0.3 is 14.7 Å². The highest BCUT2D eigenvalue weighted by Crippen LogP contribution is 2.15. The number of rotatable bonds is 4. The molecule has 1 saturated heterocycles. The van der Waals surface area contributed by atoms with E-state index in [0.717, 1.165) is 5.56 Å². The van der Waals surface area contributed by atoms with Crippen LogP contribution in [0.15, 0.2) is 24.3 Å². The van der Waals surface area contributed by atoms with Gasteiger partial charge >= 0.3 is 0 Å². The summed E-state index contributed by atoms with van der Waals surface area (Å²) in [6.07, 6.45) is 1.30. The Bertz CT molecular complexity index is 434. The van der Waals surface area contributed by atoms with Crippen LogP contribution in [0.4, 0.5) is 0 Å². The third kappa shape index (κ3) is 4.05. The monoisotopic (exact) mass is 277 g/mol. The van der Waals surface area contributed by atoms with Crippen molar-refractivity contribution >= 4 is 5.91 Å². The van der Waals surface area contributed by atoms with Gasteiger partial charge in [0.05, 0.1) is 18.8 Å². The molecule has 1 amide bonds. The first-order chi connectivity index (χ1) is 9.56. The normalized spacial score (nSPS) is 16.7. The summed E-state index contributed by atoms with van der Waals surface area (Å²) in [7, 11) is 0. The summed E-state index contributed by atoms with van der Waals surface area (Å²) in [6.45, 7) is 5.85. The number of carbonyl (C=O) groups excluding carboxylic acids is 1. The highest BCUT2D eigenvalue weighted by atomic mass is 16.5.